The first-order valence-corrected chi connectivity index (χ1v) is 5.75. The van der Waals surface area contributed by atoms with Crippen molar-refractivity contribution in [3.8, 4) is 11.1 Å². The fourth-order valence-electron chi connectivity index (χ4n) is 1.98. The average molecular weight is 232 g/mol. The lowest BCUT2D eigenvalue weighted by molar-refractivity contribution is 0.572. The Morgan fingerprint density at radius 3 is 2.35 bits per heavy atom. The van der Waals surface area contributed by atoms with Gasteiger partial charge in [0.05, 0.1) is 0 Å². The van der Waals surface area contributed by atoms with Crippen molar-refractivity contribution in [3.05, 3.63) is 59.7 Å². The van der Waals surface area contributed by atoms with Gasteiger partial charge in [0.15, 0.2) is 0 Å². The van der Waals surface area contributed by atoms with Crippen LogP contribution in [0.5, 0.6) is 0 Å². The molecule has 0 heterocycles. The van der Waals surface area contributed by atoms with Crippen LogP contribution in [0.15, 0.2) is 42.5 Å². The van der Waals surface area contributed by atoms with Crippen molar-refractivity contribution >= 4 is 0 Å². The lowest BCUT2D eigenvalue weighted by Crippen LogP contribution is -1.96. The molecule has 0 spiro atoms. The SMILES string of the molecule is CCCc1c(F)cc(F)cc1-c1ccccc1. The molecule has 0 radical (unpaired) electrons. The Labute approximate surface area is 99.9 Å². The molecule has 0 unspecified atom stereocenters. The second-order valence-electron chi connectivity index (χ2n) is 4.03. The van der Waals surface area contributed by atoms with Crippen LogP contribution >= 0.6 is 0 Å². The standard InChI is InChI=1S/C15H14F2/c1-2-6-13-14(9-12(16)10-15(13)17)11-7-4-3-5-8-11/h3-5,7-10H,2,6H2,1H3. The predicted octanol–water partition coefficient (Wildman–Crippen LogP) is 4.58. The van der Waals surface area contributed by atoms with Crippen LogP contribution in [0, 0.1) is 11.6 Å². The Kier molecular flexibility index (Phi) is 3.52. The topological polar surface area (TPSA) is 0 Å². The van der Waals surface area contributed by atoms with Gasteiger partial charge in [0.25, 0.3) is 0 Å². The van der Waals surface area contributed by atoms with E-state index in [0.717, 1.165) is 18.1 Å². The molecule has 0 aliphatic rings. The average Bonchev–Trinajstić information content (AvgIpc) is 2.33. The van der Waals surface area contributed by atoms with E-state index in [1.807, 2.05) is 37.3 Å². The molecular weight excluding hydrogens is 218 g/mol. The zero-order chi connectivity index (χ0) is 12.3. The van der Waals surface area contributed by atoms with Gasteiger partial charge in [-0.1, -0.05) is 43.7 Å². The van der Waals surface area contributed by atoms with Crippen LogP contribution in [0.2, 0.25) is 0 Å². The van der Waals surface area contributed by atoms with Crippen LogP contribution in [-0.4, -0.2) is 0 Å². The lowest BCUT2D eigenvalue weighted by atomic mass is 9.96. The molecule has 0 nitrogen and oxygen atoms in total. The van der Waals surface area contributed by atoms with Crippen LogP contribution in [-0.2, 0) is 6.42 Å². The van der Waals surface area contributed by atoms with E-state index in [9.17, 15) is 8.78 Å². The minimum Gasteiger partial charge on any atom is -0.207 e. The van der Waals surface area contributed by atoms with Crippen molar-refractivity contribution in [2.75, 3.05) is 0 Å². The van der Waals surface area contributed by atoms with Crippen molar-refractivity contribution in [1.29, 1.82) is 0 Å². The third-order valence-corrected chi connectivity index (χ3v) is 2.75. The largest absolute Gasteiger partial charge is 0.207 e. The summed E-state index contributed by atoms with van der Waals surface area (Å²) in [6.45, 7) is 1.98. The van der Waals surface area contributed by atoms with Crippen LogP contribution in [0.3, 0.4) is 0 Å². The molecule has 88 valence electrons. The van der Waals surface area contributed by atoms with E-state index < -0.39 is 11.6 Å². The van der Waals surface area contributed by atoms with E-state index in [4.69, 9.17) is 0 Å². The van der Waals surface area contributed by atoms with Crippen molar-refractivity contribution in [1.82, 2.24) is 0 Å². The molecule has 0 N–H and O–H groups in total. The van der Waals surface area contributed by atoms with Gasteiger partial charge in [-0.3, -0.25) is 0 Å². The Morgan fingerprint density at radius 2 is 1.71 bits per heavy atom. The molecule has 0 aliphatic carbocycles. The number of benzene rings is 2. The third kappa shape index (κ3) is 2.52. The highest BCUT2D eigenvalue weighted by atomic mass is 19.1. The predicted molar refractivity (Wildman–Crippen MR) is 65.8 cm³/mol. The molecule has 17 heavy (non-hydrogen) atoms. The minimum atomic E-state index is -0.527. The Balaban J connectivity index is 2.59. The Hall–Kier alpha value is -1.70. The first-order chi connectivity index (χ1) is 8.22. The quantitative estimate of drug-likeness (QED) is 0.726. The summed E-state index contributed by atoms with van der Waals surface area (Å²) in [6.07, 6.45) is 1.46. The molecule has 0 saturated carbocycles. The van der Waals surface area contributed by atoms with Gasteiger partial charge in [-0.15, -0.1) is 0 Å². The van der Waals surface area contributed by atoms with Gasteiger partial charge in [0, 0.05) is 6.07 Å². The van der Waals surface area contributed by atoms with Crippen LogP contribution in [0.4, 0.5) is 8.78 Å². The van der Waals surface area contributed by atoms with Gasteiger partial charge < -0.3 is 0 Å². The highest BCUT2D eigenvalue weighted by Crippen LogP contribution is 2.27. The van der Waals surface area contributed by atoms with Gasteiger partial charge in [-0.2, -0.15) is 0 Å². The number of hydrogen-bond donors (Lipinski definition) is 0. The smallest absolute Gasteiger partial charge is 0.129 e. The monoisotopic (exact) mass is 232 g/mol. The van der Waals surface area contributed by atoms with Crippen LogP contribution in [0.25, 0.3) is 11.1 Å². The molecule has 2 aromatic carbocycles. The molecule has 0 aliphatic heterocycles. The third-order valence-electron chi connectivity index (χ3n) is 2.75. The fraction of sp³-hybridized carbons (Fsp3) is 0.200. The van der Waals surface area contributed by atoms with E-state index in [1.54, 1.807) is 0 Å². The normalized spacial score (nSPS) is 10.5. The lowest BCUT2D eigenvalue weighted by Gasteiger charge is -2.10. The van der Waals surface area contributed by atoms with Gasteiger partial charge >= 0.3 is 0 Å². The first kappa shape index (κ1) is 11.8. The molecule has 2 aromatic rings. The maximum absolute atomic E-state index is 13.7. The van der Waals surface area contributed by atoms with Gasteiger partial charge in [-0.25, -0.2) is 8.78 Å². The molecule has 0 bridgehead atoms. The molecule has 0 atom stereocenters. The fourth-order valence-corrected chi connectivity index (χ4v) is 1.98. The highest BCUT2D eigenvalue weighted by molar-refractivity contribution is 5.67. The van der Waals surface area contributed by atoms with Gasteiger partial charge in [0.1, 0.15) is 11.6 Å². The maximum Gasteiger partial charge on any atom is 0.129 e. The van der Waals surface area contributed by atoms with Crippen molar-refractivity contribution in [3.63, 3.8) is 0 Å². The summed E-state index contributed by atoms with van der Waals surface area (Å²) in [4.78, 5) is 0. The Bertz CT molecular complexity index is 504. The minimum absolute atomic E-state index is 0.453. The van der Waals surface area contributed by atoms with E-state index >= 15 is 0 Å². The highest BCUT2D eigenvalue weighted by Gasteiger charge is 2.11. The maximum atomic E-state index is 13.7. The van der Waals surface area contributed by atoms with Crippen molar-refractivity contribution in [2.24, 2.45) is 0 Å². The zero-order valence-electron chi connectivity index (χ0n) is 9.71. The van der Waals surface area contributed by atoms with Crippen LogP contribution < -0.4 is 0 Å². The second-order valence-corrected chi connectivity index (χ2v) is 4.03. The summed E-state index contributed by atoms with van der Waals surface area (Å²) in [6, 6.07) is 11.7. The Morgan fingerprint density at radius 1 is 1.00 bits per heavy atom. The number of rotatable bonds is 3. The molecule has 0 saturated heterocycles. The molecule has 0 fully saturated rings. The van der Waals surface area contributed by atoms with E-state index in [2.05, 4.69) is 0 Å². The summed E-state index contributed by atoms with van der Waals surface area (Å²) < 4.78 is 27.0. The number of hydrogen-bond acceptors (Lipinski definition) is 0. The van der Waals surface area contributed by atoms with Crippen LogP contribution in [0.1, 0.15) is 18.9 Å². The molecule has 2 rings (SSSR count). The van der Waals surface area contributed by atoms with E-state index in [-0.39, 0.29) is 0 Å². The first-order valence-electron chi connectivity index (χ1n) is 5.75. The molecule has 0 amide bonds. The number of halogens is 2. The zero-order valence-corrected chi connectivity index (χ0v) is 9.71. The van der Waals surface area contributed by atoms with E-state index in [1.165, 1.54) is 6.07 Å². The van der Waals surface area contributed by atoms with Gasteiger partial charge in [0.2, 0.25) is 0 Å². The summed E-state index contributed by atoms with van der Waals surface area (Å²) in [5.74, 6) is -0.980. The molecule has 0 aromatic heterocycles. The summed E-state index contributed by atoms with van der Waals surface area (Å²) in [5.41, 5.74) is 2.11. The van der Waals surface area contributed by atoms with Gasteiger partial charge in [-0.05, 0) is 29.2 Å². The van der Waals surface area contributed by atoms with Crippen molar-refractivity contribution in [2.45, 2.75) is 19.8 Å². The van der Waals surface area contributed by atoms with Crippen molar-refractivity contribution < 1.29 is 8.78 Å². The molecule has 2 heteroatoms. The second kappa shape index (κ2) is 5.09. The van der Waals surface area contributed by atoms with E-state index in [0.29, 0.717) is 17.5 Å². The molecular formula is C15H14F2. The summed E-state index contributed by atoms with van der Waals surface area (Å²) in [5, 5.41) is 0. The summed E-state index contributed by atoms with van der Waals surface area (Å²) in [7, 11) is 0. The summed E-state index contributed by atoms with van der Waals surface area (Å²) >= 11 is 0.